The van der Waals surface area contributed by atoms with Crippen molar-refractivity contribution in [1.82, 2.24) is 4.90 Å². The van der Waals surface area contributed by atoms with Crippen LogP contribution >= 0.6 is 0 Å². The summed E-state index contributed by atoms with van der Waals surface area (Å²) >= 11 is 0. The molecule has 0 saturated carbocycles. The van der Waals surface area contributed by atoms with Gasteiger partial charge in [-0.1, -0.05) is 53.7 Å². The second-order valence-electron chi connectivity index (χ2n) is 10.1. The van der Waals surface area contributed by atoms with Gasteiger partial charge in [0.2, 0.25) is 5.91 Å². The molecule has 1 fully saturated rings. The average Bonchev–Trinajstić information content (AvgIpc) is 2.90. The molecule has 5 nitrogen and oxygen atoms in total. The maximum atomic E-state index is 12.6. The zero-order chi connectivity index (χ0) is 21.5. The van der Waals surface area contributed by atoms with Gasteiger partial charge in [0, 0.05) is 19.5 Å². The number of hydrogen-bond donors (Lipinski definition) is 1. The van der Waals surface area contributed by atoms with Crippen LogP contribution in [0.4, 0.5) is 0 Å². The first kappa shape index (κ1) is 22.7. The van der Waals surface area contributed by atoms with Crippen LogP contribution < -0.4 is 0 Å². The summed E-state index contributed by atoms with van der Waals surface area (Å²) in [5.74, 6) is 0.529. The molecule has 1 unspecified atom stereocenters. The Kier molecular flexibility index (Phi) is 6.25. The van der Waals surface area contributed by atoms with Crippen molar-refractivity contribution in [1.29, 1.82) is 0 Å². The molecule has 1 aromatic carbocycles. The van der Waals surface area contributed by atoms with E-state index < -0.39 is 9.84 Å². The molecule has 1 amide bonds. The van der Waals surface area contributed by atoms with Gasteiger partial charge in [-0.05, 0) is 40.4 Å². The van der Waals surface area contributed by atoms with Crippen molar-refractivity contribution in [2.24, 2.45) is 0 Å². The van der Waals surface area contributed by atoms with E-state index in [1.165, 1.54) is 0 Å². The first-order valence-corrected chi connectivity index (χ1v) is 11.8. The Bertz CT molecular complexity index is 809. The third kappa shape index (κ3) is 5.28. The second kappa shape index (κ2) is 7.69. The van der Waals surface area contributed by atoms with Crippen molar-refractivity contribution in [3.05, 3.63) is 28.8 Å². The molecule has 0 bridgehead atoms. The predicted molar refractivity (Wildman–Crippen MR) is 114 cm³/mol. The normalized spacial score (nSPS) is 19.6. The molecular weight excluding hydrogens is 374 g/mol. The number of aryl methyl sites for hydroxylation is 1. The van der Waals surface area contributed by atoms with E-state index in [1.54, 1.807) is 11.9 Å². The van der Waals surface area contributed by atoms with Crippen molar-refractivity contribution >= 4 is 15.7 Å². The Morgan fingerprint density at radius 1 is 1.11 bits per heavy atom. The highest BCUT2D eigenvalue weighted by molar-refractivity contribution is 7.91. The third-order valence-electron chi connectivity index (χ3n) is 5.56. The molecule has 1 atom stereocenters. The molecule has 6 heteroatoms. The molecule has 2 rings (SSSR count). The van der Waals surface area contributed by atoms with E-state index in [0.717, 1.165) is 16.7 Å². The Balaban J connectivity index is 2.20. The van der Waals surface area contributed by atoms with Crippen LogP contribution in [0.5, 0.6) is 5.75 Å². The predicted octanol–water partition coefficient (Wildman–Crippen LogP) is 3.57. The molecule has 1 aliphatic heterocycles. The number of phenolic OH excluding ortho intramolecular Hbond substituents is 1. The van der Waals surface area contributed by atoms with Crippen LogP contribution in [0, 0.1) is 0 Å². The van der Waals surface area contributed by atoms with Crippen molar-refractivity contribution in [3.8, 4) is 5.75 Å². The summed E-state index contributed by atoms with van der Waals surface area (Å²) in [4.78, 5) is 14.2. The number of nitrogens with zero attached hydrogens (tertiary/aromatic N) is 1. The van der Waals surface area contributed by atoms with Gasteiger partial charge >= 0.3 is 0 Å². The van der Waals surface area contributed by atoms with Crippen LogP contribution in [0.25, 0.3) is 0 Å². The number of phenols is 1. The Hall–Kier alpha value is -1.56. The first-order chi connectivity index (χ1) is 12.6. The third-order valence-corrected chi connectivity index (χ3v) is 7.31. The summed E-state index contributed by atoms with van der Waals surface area (Å²) in [6.07, 6.45) is 1.41. The van der Waals surface area contributed by atoms with E-state index in [4.69, 9.17) is 0 Å². The number of carbonyl (C=O) groups excluding carboxylic acids is 1. The summed E-state index contributed by atoms with van der Waals surface area (Å²) < 4.78 is 23.4. The fourth-order valence-corrected chi connectivity index (χ4v) is 5.47. The molecule has 1 saturated heterocycles. The lowest BCUT2D eigenvalue weighted by atomic mass is 9.78. The molecule has 1 aliphatic rings. The SMILES string of the molecule is CN(C(=O)CCc1cc(C(C)(C)C)c(O)c(C(C)(C)C)c1)C1CCS(=O)(=O)C1. The summed E-state index contributed by atoms with van der Waals surface area (Å²) in [7, 11) is -1.31. The molecule has 0 aromatic heterocycles. The maximum Gasteiger partial charge on any atom is 0.222 e. The highest BCUT2D eigenvalue weighted by Gasteiger charge is 2.32. The van der Waals surface area contributed by atoms with Crippen molar-refractivity contribution in [2.75, 3.05) is 18.6 Å². The van der Waals surface area contributed by atoms with Crippen LogP contribution in [-0.4, -0.2) is 48.9 Å². The van der Waals surface area contributed by atoms with Gasteiger partial charge in [-0.2, -0.15) is 0 Å². The van der Waals surface area contributed by atoms with Gasteiger partial charge in [0.15, 0.2) is 9.84 Å². The number of benzene rings is 1. The minimum atomic E-state index is -3.01. The molecule has 1 heterocycles. The molecule has 1 aromatic rings. The highest BCUT2D eigenvalue weighted by Crippen LogP contribution is 2.40. The van der Waals surface area contributed by atoms with E-state index in [2.05, 4.69) is 41.5 Å². The fourth-order valence-electron chi connectivity index (χ4n) is 3.69. The van der Waals surface area contributed by atoms with Gasteiger partial charge in [0.25, 0.3) is 0 Å². The zero-order valence-electron chi connectivity index (χ0n) is 18.3. The van der Waals surface area contributed by atoms with Gasteiger partial charge in [-0.15, -0.1) is 0 Å². The van der Waals surface area contributed by atoms with Gasteiger partial charge in [0.1, 0.15) is 5.75 Å². The first-order valence-electron chi connectivity index (χ1n) is 9.95. The average molecular weight is 410 g/mol. The lowest BCUT2D eigenvalue weighted by Gasteiger charge is -2.28. The number of hydrogen-bond acceptors (Lipinski definition) is 4. The lowest BCUT2D eigenvalue weighted by Crippen LogP contribution is -2.37. The molecule has 28 heavy (non-hydrogen) atoms. The Morgan fingerprint density at radius 2 is 1.61 bits per heavy atom. The lowest BCUT2D eigenvalue weighted by molar-refractivity contribution is -0.131. The summed E-state index contributed by atoms with van der Waals surface area (Å²) in [5, 5.41) is 10.8. The van der Waals surface area contributed by atoms with Crippen LogP contribution in [0.15, 0.2) is 12.1 Å². The number of carbonyl (C=O) groups is 1. The van der Waals surface area contributed by atoms with Gasteiger partial charge in [-0.25, -0.2) is 8.42 Å². The minimum Gasteiger partial charge on any atom is -0.507 e. The van der Waals surface area contributed by atoms with Crippen LogP contribution in [0.1, 0.15) is 71.1 Å². The van der Waals surface area contributed by atoms with Crippen LogP contribution in [0.2, 0.25) is 0 Å². The van der Waals surface area contributed by atoms with Gasteiger partial charge in [0.05, 0.1) is 11.5 Å². The minimum absolute atomic E-state index is 0.0372. The van der Waals surface area contributed by atoms with Crippen molar-refractivity contribution in [3.63, 3.8) is 0 Å². The molecular formula is C22H35NO4S. The standard InChI is InChI=1S/C22H35NO4S/c1-21(2,3)17-12-15(13-18(20(17)25)22(4,5)6)8-9-19(24)23(7)16-10-11-28(26,27)14-16/h12-13,16,25H,8-11,14H2,1-7H3. The number of amides is 1. The van der Waals surface area contributed by atoms with Crippen LogP contribution in [0.3, 0.4) is 0 Å². The topological polar surface area (TPSA) is 74.7 Å². The molecule has 0 radical (unpaired) electrons. The van der Waals surface area contributed by atoms with E-state index >= 15 is 0 Å². The monoisotopic (exact) mass is 409 g/mol. The molecule has 0 aliphatic carbocycles. The smallest absolute Gasteiger partial charge is 0.222 e. The number of aromatic hydroxyl groups is 1. The highest BCUT2D eigenvalue weighted by atomic mass is 32.2. The van der Waals surface area contributed by atoms with Crippen molar-refractivity contribution in [2.45, 2.75) is 77.7 Å². The summed E-state index contributed by atoms with van der Waals surface area (Å²) in [5.41, 5.74) is 2.38. The Labute approximate surface area is 170 Å². The second-order valence-corrected chi connectivity index (χ2v) is 12.3. The van der Waals surface area contributed by atoms with E-state index in [9.17, 15) is 18.3 Å². The van der Waals surface area contributed by atoms with Gasteiger partial charge < -0.3 is 10.0 Å². The van der Waals surface area contributed by atoms with Crippen molar-refractivity contribution < 1.29 is 18.3 Å². The molecule has 158 valence electrons. The fraction of sp³-hybridized carbons (Fsp3) is 0.682. The largest absolute Gasteiger partial charge is 0.507 e. The summed E-state index contributed by atoms with van der Waals surface area (Å²) in [6.45, 7) is 12.4. The number of sulfone groups is 1. The number of rotatable bonds is 4. The quantitative estimate of drug-likeness (QED) is 0.825. The van der Waals surface area contributed by atoms with E-state index in [0.29, 0.717) is 25.0 Å². The van der Waals surface area contributed by atoms with Crippen LogP contribution in [-0.2, 0) is 31.9 Å². The Morgan fingerprint density at radius 3 is 2.00 bits per heavy atom. The van der Waals surface area contributed by atoms with E-state index in [-0.39, 0.29) is 34.3 Å². The summed E-state index contributed by atoms with van der Waals surface area (Å²) in [6, 6.07) is 3.78. The molecule has 0 spiro atoms. The van der Waals surface area contributed by atoms with E-state index in [1.807, 2.05) is 12.1 Å². The maximum absolute atomic E-state index is 12.6. The molecule has 1 N–H and O–H groups in total. The zero-order valence-corrected chi connectivity index (χ0v) is 19.1. The van der Waals surface area contributed by atoms with Gasteiger partial charge in [-0.3, -0.25) is 4.79 Å².